The first-order valence-electron chi connectivity index (χ1n) is 9.01. The second-order valence-corrected chi connectivity index (χ2v) is 6.80. The minimum Gasteiger partial charge on any atom is -0.489 e. The molecule has 0 spiro atoms. The van der Waals surface area contributed by atoms with E-state index in [1.165, 1.54) is 0 Å². The average Bonchev–Trinajstić information content (AvgIpc) is 2.74. The summed E-state index contributed by atoms with van der Waals surface area (Å²) in [6, 6.07) is 21.5. The molecular formula is C23H20ClNO4. The van der Waals surface area contributed by atoms with Crippen molar-refractivity contribution in [3.63, 3.8) is 0 Å². The van der Waals surface area contributed by atoms with Crippen molar-refractivity contribution in [2.75, 3.05) is 11.9 Å². The van der Waals surface area contributed by atoms with E-state index < -0.39 is 18.5 Å². The molecule has 3 aromatic carbocycles. The lowest BCUT2D eigenvalue weighted by molar-refractivity contribution is -0.119. The van der Waals surface area contributed by atoms with Gasteiger partial charge in [-0.3, -0.25) is 4.79 Å². The van der Waals surface area contributed by atoms with Crippen LogP contribution in [0.25, 0.3) is 0 Å². The van der Waals surface area contributed by atoms with Crippen molar-refractivity contribution >= 4 is 29.2 Å². The van der Waals surface area contributed by atoms with E-state index in [2.05, 4.69) is 5.32 Å². The van der Waals surface area contributed by atoms with Gasteiger partial charge < -0.3 is 14.8 Å². The summed E-state index contributed by atoms with van der Waals surface area (Å²) in [5.74, 6) is -0.510. The van der Waals surface area contributed by atoms with Gasteiger partial charge in [-0.1, -0.05) is 54.1 Å². The van der Waals surface area contributed by atoms with Gasteiger partial charge in [0, 0.05) is 10.7 Å². The fourth-order valence-electron chi connectivity index (χ4n) is 2.54. The quantitative estimate of drug-likeness (QED) is 0.556. The average molecular weight is 410 g/mol. The Balaban J connectivity index is 1.52. The van der Waals surface area contributed by atoms with E-state index in [1.807, 2.05) is 37.3 Å². The summed E-state index contributed by atoms with van der Waals surface area (Å²) in [5.41, 5.74) is 2.78. The summed E-state index contributed by atoms with van der Waals surface area (Å²) < 4.78 is 10.8. The monoisotopic (exact) mass is 409 g/mol. The molecule has 3 aromatic rings. The highest BCUT2D eigenvalue weighted by Gasteiger charge is 2.12. The van der Waals surface area contributed by atoms with Crippen molar-refractivity contribution in [2.45, 2.75) is 13.5 Å². The van der Waals surface area contributed by atoms with Gasteiger partial charge in [0.1, 0.15) is 12.4 Å². The Kier molecular flexibility index (Phi) is 6.87. The lowest BCUT2D eigenvalue weighted by atomic mass is 10.2. The molecule has 0 fully saturated rings. The normalized spacial score (nSPS) is 10.3. The summed E-state index contributed by atoms with van der Waals surface area (Å²) in [6.45, 7) is 1.85. The third-order valence-electron chi connectivity index (χ3n) is 4.11. The zero-order valence-corrected chi connectivity index (χ0v) is 16.6. The van der Waals surface area contributed by atoms with Crippen LogP contribution >= 0.6 is 11.6 Å². The maximum absolute atomic E-state index is 12.2. The Labute approximate surface area is 174 Å². The zero-order chi connectivity index (χ0) is 20.6. The Morgan fingerprint density at radius 3 is 2.52 bits per heavy atom. The lowest BCUT2D eigenvalue weighted by Gasteiger charge is -2.09. The molecule has 0 aliphatic rings. The van der Waals surface area contributed by atoms with Crippen molar-refractivity contribution in [1.29, 1.82) is 0 Å². The van der Waals surface area contributed by atoms with E-state index in [1.54, 1.807) is 42.5 Å². The number of carbonyl (C=O) groups is 2. The highest BCUT2D eigenvalue weighted by atomic mass is 35.5. The Bertz CT molecular complexity index is 1000. The number of anilines is 1. The number of carbonyl (C=O) groups excluding carboxylic acids is 2. The number of halogens is 1. The molecule has 0 bridgehead atoms. The second-order valence-electron chi connectivity index (χ2n) is 6.39. The van der Waals surface area contributed by atoms with E-state index in [-0.39, 0.29) is 0 Å². The molecule has 1 amide bonds. The van der Waals surface area contributed by atoms with Crippen LogP contribution in [-0.4, -0.2) is 18.5 Å². The fraction of sp³-hybridized carbons (Fsp3) is 0.130. The summed E-state index contributed by atoms with van der Waals surface area (Å²) in [7, 11) is 0. The number of aryl methyl sites for hydroxylation is 1. The first-order valence-corrected chi connectivity index (χ1v) is 9.39. The number of amides is 1. The molecule has 6 heteroatoms. The predicted molar refractivity (Wildman–Crippen MR) is 112 cm³/mol. The smallest absolute Gasteiger partial charge is 0.338 e. The molecule has 0 saturated heterocycles. The Hall–Kier alpha value is -3.31. The number of esters is 1. The van der Waals surface area contributed by atoms with E-state index >= 15 is 0 Å². The molecule has 0 radical (unpaired) electrons. The van der Waals surface area contributed by atoms with Crippen molar-refractivity contribution in [1.82, 2.24) is 0 Å². The fourth-order valence-corrected chi connectivity index (χ4v) is 2.72. The van der Waals surface area contributed by atoms with E-state index in [0.717, 1.165) is 11.1 Å². The Morgan fingerprint density at radius 2 is 1.76 bits per heavy atom. The number of benzene rings is 3. The molecule has 0 aliphatic heterocycles. The Morgan fingerprint density at radius 1 is 0.966 bits per heavy atom. The summed E-state index contributed by atoms with van der Waals surface area (Å²) in [5, 5.41) is 3.19. The van der Waals surface area contributed by atoms with Crippen LogP contribution in [0.4, 0.5) is 5.69 Å². The molecule has 0 saturated carbocycles. The van der Waals surface area contributed by atoms with Crippen molar-refractivity contribution in [3.8, 4) is 5.75 Å². The van der Waals surface area contributed by atoms with Crippen LogP contribution < -0.4 is 10.1 Å². The van der Waals surface area contributed by atoms with Crippen LogP contribution in [0, 0.1) is 6.92 Å². The van der Waals surface area contributed by atoms with Gasteiger partial charge in [-0.25, -0.2) is 4.79 Å². The first kappa shape index (κ1) is 20.4. The number of hydrogen-bond acceptors (Lipinski definition) is 4. The minimum atomic E-state index is -0.604. The van der Waals surface area contributed by atoms with Crippen molar-refractivity contribution in [2.24, 2.45) is 0 Å². The van der Waals surface area contributed by atoms with Crippen LogP contribution in [-0.2, 0) is 16.1 Å². The van der Waals surface area contributed by atoms with E-state index in [9.17, 15) is 9.59 Å². The zero-order valence-electron chi connectivity index (χ0n) is 15.9. The SMILES string of the molecule is Cc1ccc(NC(=O)COC(=O)c2cccc(OCc3ccccc3)c2)cc1Cl. The molecular weight excluding hydrogens is 390 g/mol. The first-order chi connectivity index (χ1) is 14.0. The summed E-state index contributed by atoms with van der Waals surface area (Å²) in [6.07, 6.45) is 0. The maximum atomic E-state index is 12.2. The van der Waals surface area contributed by atoms with Crippen molar-refractivity contribution in [3.05, 3.63) is 94.5 Å². The minimum absolute atomic E-state index is 0.307. The summed E-state index contributed by atoms with van der Waals surface area (Å²) in [4.78, 5) is 24.3. The van der Waals surface area contributed by atoms with Gasteiger partial charge in [0.05, 0.1) is 5.56 Å². The molecule has 0 aliphatic carbocycles. The highest BCUT2D eigenvalue weighted by molar-refractivity contribution is 6.31. The van der Waals surface area contributed by atoms with Crippen LogP contribution in [0.2, 0.25) is 5.02 Å². The van der Waals surface area contributed by atoms with Crippen LogP contribution in [0.3, 0.4) is 0 Å². The van der Waals surface area contributed by atoms with Gasteiger partial charge in [-0.2, -0.15) is 0 Å². The molecule has 0 aromatic heterocycles. The molecule has 29 heavy (non-hydrogen) atoms. The van der Waals surface area contributed by atoms with Gasteiger partial charge in [-0.05, 0) is 48.4 Å². The van der Waals surface area contributed by atoms with E-state index in [0.29, 0.717) is 28.6 Å². The van der Waals surface area contributed by atoms with Gasteiger partial charge in [0.25, 0.3) is 5.91 Å². The topological polar surface area (TPSA) is 64.6 Å². The van der Waals surface area contributed by atoms with Gasteiger partial charge in [0.15, 0.2) is 6.61 Å². The molecule has 1 N–H and O–H groups in total. The van der Waals surface area contributed by atoms with Crippen LogP contribution in [0.15, 0.2) is 72.8 Å². The van der Waals surface area contributed by atoms with Crippen molar-refractivity contribution < 1.29 is 19.1 Å². The molecule has 3 rings (SSSR count). The highest BCUT2D eigenvalue weighted by Crippen LogP contribution is 2.20. The summed E-state index contributed by atoms with van der Waals surface area (Å²) >= 11 is 6.04. The molecule has 0 atom stereocenters. The predicted octanol–water partition coefficient (Wildman–Crippen LogP) is 5.02. The number of ether oxygens (including phenoxy) is 2. The van der Waals surface area contributed by atoms with Gasteiger partial charge >= 0.3 is 5.97 Å². The van der Waals surface area contributed by atoms with E-state index in [4.69, 9.17) is 21.1 Å². The third kappa shape index (κ3) is 6.09. The largest absolute Gasteiger partial charge is 0.489 e. The number of rotatable bonds is 7. The maximum Gasteiger partial charge on any atom is 0.338 e. The van der Waals surface area contributed by atoms with Gasteiger partial charge in [0.2, 0.25) is 0 Å². The molecule has 0 heterocycles. The van der Waals surface area contributed by atoms with Gasteiger partial charge in [-0.15, -0.1) is 0 Å². The third-order valence-corrected chi connectivity index (χ3v) is 4.52. The lowest BCUT2D eigenvalue weighted by Crippen LogP contribution is -2.21. The van der Waals surface area contributed by atoms with Crippen LogP contribution in [0.1, 0.15) is 21.5 Å². The molecule has 148 valence electrons. The second kappa shape index (κ2) is 9.75. The molecule has 0 unspecified atom stereocenters. The molecule has 5 nitrogen and oxygen atoms in total. The standard InChI is InChI=1S/C23H20ClNO4/c1-16-10-11-19(13-21(16)24)25-22(26)15-29-23(27)18-8-5-9-20(12-18)28-14-17-6-3-2-4-7-17/h2-13H,14-15H2,1H3,(H,25,26). The number of hydrogen-bond donors (Lipinski definition) is 1. The van der Waals surface area contributed by atoms with Crippen LogP contribution in [0.5, 0.6) is 5.75 Å². The number of nitrogens with one attached hydrogen (secondary N) is 1.